The molecule has 0 radical (unpaired) electrons. The van der Waals surface area contributed by atoms with E-state index in [0.717, 1.165) is 0 Å². The first-order valence-electron chi connectivity index (χ1n) is 4.84. The monoisotopic (exact) mass is 349 g/mol. The quantitative estimate of drug-likeness (QED) is 0.749. The van der Waals surface area contributed by atoms with Crippen LogP contribution in [0.5, 0.6) is 11.5 Å². The summed E-state index contributed by atoms with van der Waals surface area (Å²) in [6.07, 6.45) is 0. The molecule has 2 nitrogen and oxygen atoms in total. The minimum Gasteiger partial charge on any atom is -0.454 e. The standard InChI is InChI=1S/C12H7BrCl2FNO/c13-6-1-7(16)3-9(2-6)18-12-10(14)4-8(17)5-11(12)15/h1-5H,17H2. The highest BCUT2D eigenvalue weighted by Crippen LogP contribution is 2.38. The predicted octanol–water partition coefficient (Wildman–Crippen LogP) is 5.27. The Kier molecular flexibility index (Phi) is 4.00. The van der Waals surface area contributed by atoms with Gasteiger partial charge >= 0.3 is 0 Å². The summed E-state index contributed by atoms with van der Waals surface area (Å²) < 4.78 is 19.2. The molecule has 0 heterocycles. The summed E-state index contributed by atoms with van der Waals surface area (Å²) in [5.74, 6) is 0.0996. The lowest BCUT2D eigenvalue weighted by atomic mass is 10.3. The molecule has 0 atom stereocenters. The van der Waals surface area contributed by atoms with Crippen molar-refractivity contribution in [3.63, 3.8) is 0 Å². The summed E-state index contributed by atoms with van der Waals surface area (Å²) in [5.41, 5.74) is 6.01. The molecule has 94 valence electrons. The summed E-state index contributed by atoms with van der Waals surface area (Å²) in [6.45, 7) is 0. The first kappa shape index (κ1) is 13.5. The van der Waals surface area contributed by atoms with E-state index in [9.17, 15) is 4.39 Å². The number of anilines is 1. The van der Waals surface area contributed by atoms with E-state index in [-0.39, 0.29) is 21.5 Å². The van der Waals surface area contributed by atoms with Crippen molar-refractivity contribution in [2.75, 3.05) is 5.73 Å². The highest BCUT2D eigenvalue weighted by molar-refractivity contribution is 9.10. The Balaban J connectivity index is 2.40. The van der Waals surface area contributed by atoms with Crippen LogP contribution in [0, 0.1) is 5.82 Å². The van der Waals surface area contributed by atoms with E-state index < -0.39 is 5.82 Å². The average Bonchev–Trinajstić information content (AvgIpc) is 2.22. The first-order valence-corrected chi connectivity index (χ1v) is 6.39. The number of hydrogen-bond acceptors (Lipinski definition) is 2. The smallest absolute Gasteiger partial charge is 0.164 e. The molecule has 0 amide bonds. The Morgan fingerprint density at radius 1 is 1.06 bits per heavy atom. The second-order valence-corrected chi connectivity index (χ2v) is 5.25. The van der Waals surface area contributed by atoms with Gasteiger partial charge < -0.3 is 10.5 Å². The van der Waals surface area contributed by atoms with E-state index in [0.29, 0.717) is 10.2 Å². The van der Waals surface area contributed by atoms with Crippen LogP contribution < -0.4 is 10.5 Å². The van der Waals surface area contributed by atoms with Crippen LogP contribution in [0.3, 0.4) is 0 Å². The van der Waals surface area contributed by atoms with Crippen LogP contribution in [-0.4, -0.2) is 0 Å². The van der Waals surface area contributed by atoms with Crippen LogP contribution in [0.4, 0.5) is 10.1 Å². The van der Waals surface area contributed by atoms with Gasteiger partial charge in [-0.2, -0.15) is 0 Å². The van der Waals surface area contributed by atoms with Crippen molar-refractivity contribution in [1.82, 2.24) is 0 Å². The van der Waals surface area contributed by atoms with Crippen molar-refractivity contribution in [2.24, 2.45) is 0 Å². The number of benzene rings is 2. The van der Waals surface area contributed by atoms with Crippen LogP contribution in [0.25, 0.3) is 0 Å². The fourth-order valence-electron chi connectivity index (χ4n) is 1.38. The number of rotatable bonds is 2. The Bertz CT molecular complexity index is 563. The van der Waals surface area contributed by atoms with Gasteiger partial charge in [-0.3, -0.25) is 0 Å². The van der Waals surface area contributed by atoms with Gasteiger partial charge in [0.15, 0.2) is 5.75 Å². The van der Waals surface area contributed by atoms with Crippen molar-refractivity contribution in [2.45, 2.75) is 0 Å². The van der Waals surface area contributed by atoms with Crippen molar-refractivity contribution in [3.8, 4) is 11.5 Å². The topological polar surface area (TPSA) is 35.2 Å². The summed E-state index contributed by atoms with van der Waals surface area (Å²) in [7, 11) is 0. The third kappa shape index (κ3) is 3.07. The molecule has 2 rings (SSSR count). The molecule has 0 fully saturated rings. The average molecular weight is 351 g/mol. The molecule has 0 aromatic heterocycles. The van der Waals surface area contributed by atoms with Gasteiger partial charge in [0.1, 0.15) is 11.6 Å². The second kappa shape index (κ2) is 5.34. The number of hydrogen-bond donors (Lipinski definition) is 1. The van der Waals surface area contributed by atoms with Crippen LogP contribution in [-0.2, 0) is 0 Å². The van der Waals surface area contributed by atoms with Gasteiger partial charge in [-0.05, 0) is 24.3 Å². The van der Waals surface area contributed by atoms with Gasteiger partial charge in [0.05, 0.1) is 10.0 Å². The molecule has 2 aromatic carbocycles. The lowest BCUT2D eigenvalue weighted by Gasteiger charge is -2.10. The zero-order valence-electron chi connectivity index (χ0n) is 8.88. The van der Waals surface area contributed by atoms with Crippen molar-refractivity contribution >= 4 is 44.8 Å². The Labute approximate surface area is 122 Å². The molecule has 0 unspecified atom stereocenters. The lowest BCUT2D eigenvalue weighted by Crippen LogP contribution is -1.91. The number of ether oxygens (including phenoxy) is 1. The second-order valence-electron chi connectivity index (χ2n) is 3.52. The summed E-state index contributed by atoms with van der Waals surface area (Å²) in [5, 5.41) is 0.528. The molecule has 0 spiro atoms. The Hall–Kier alpha value is -0.970. The minimum absolute atomic E-state index is 0.241. The molecule has 18 heavy (non-hydrogen) atoms. The highest BCUT2D eigenvalue weighted by Gasteiger charge is 2.11. The van der Waals surface area contributed by atoms with Crippen molar-refractivity contribution in [1.29, 1.82) is 0 Å². The molecule has 0 aliphatic rings. The molecular weight excluding hydrogens is 344 g/mol. The number of halogens is 4. The maximum atomic E-state index is 13.2. The summed E-state index contributed by atoms with van der Waals surface area (Å²) in [6, 6.07) is 7.17. The van der Waals surface area contributed by atoms with Gasteiger partial charge in [0.2, 0.25) is 0 Å². The zero-order chi connectivity index (χ0) is 13.3. The lowest BCUT2D eigenvalue weighted by molar-refractivity contribution is 0.477. The number of nitrogen functional groups attached to an aromatic ring is 1. The maximum absolute atomic E-state index is 13.2. The SMILES string of the molecule is Nc1cc(Cl)c(Oc2cc(F)cc(Br)c2)c(Cl)c1. The summed E-state index contributed by atoms with van der Waals surface area (Å²) in [4.78, 5) is 0. The van der Waals surface area contributed by atoms with Gasteiger partial charge in [-0.25, -0.2) is 4.39 Å². The highest BCUT2D eigenvalue weighted by atomic mass is 79.9. The normalized spacial score (nSPS) is 10.4. The van der Waals surface area contributed by atoms with Gasteiger partial charge in [0, 0.05) is 16.2 Å². The molecule has 6 heteroatoms. The molecule has 0 saturated heterocycles. The van der Waals surface area contributed by atoms with E-state index in [1.54, 1.807) is 6.07 Å². The van der Waals surface area contributed by atoms with E-state index >= 15 is 0 Å². The Morgan fingerprint density at radius 3 is 2.22 bits per heavy atom. The Morgan fingerprint density at radius 2 is 1.67 bits per heavy atom. The van der Waals surface area contributed by atoms with Crippen LogP contribution in [0.2, 0.25) is 10.0 Å². The maximum Gasteiger partial charge on any atom is 0.164 e. The molecule has 0 saturated carbocycles. The van der Waals surface area contributed by atoms with Crippen LogP contribution in [0.15, 0.2) is 34.8 Å². The molecule has 2 N–H and O–H groups in total. The predicted molar refractivity (Wildman–Crippen MR) is 75.0 cm³/mol. The zero-order valence-corrected chi connectivity index (χ0v) is 12.0. The molecule has 0 bridgehead atoms. The fraction of sp³-hybridized carbons (Fsp3) is 0. The van der Waals surface area contributed by atoms with Crippen LogP contribution in [0.1, 0.15) is 0 Å². The largest absolute Gasteiger partial charge is 0.454 e. The number of nitrogens with two attached hydrogens (primary N) is 1. The minimum atomic E-state index is -0.429. The first-order chi connectivity index (χ1) is 8.45. The third-order valence-electron chi connectivity index (χ3n) is 2.08. The summed E-state index contributed by atoms with van der Waals surface area (Å²) >= 11 is 15.1. The van der Waals surface area contributed by atoms with E-state index in [1.165, 1.54) is 24.3 Å². The third-order valence-corrected chi connectivity index (χ3v) is 3.10. The molecule has 2 aromatic rings. The van der Waals surface area contributed by atoms with E-state index in [2.05, 4.69) is 15.9 Å². The van der Waals surface area contributed by atoms with Crippen molar-refractivity contribution in [3.05, 3.63) is 50.7 Å². The molecule has 0 aliphatic heterocycles. The molecular formula is C12H7BrCl2FNO. The van der Waals surface area contributed by atoms with Crippen LogP contribution >= 0.6 is 39.1 Å². The van der Waals surface area contributed by atoms with Gasteiger partial charge in [-0.1, -0.05) is 39.1 Å². The fourth-order valence-corrected chi connectivity index (χ4v) is 2.41. The van der Waals surface area contributed by atoms with E-state index in [4.69, 9.17) is 33.7 Å². The van der Waals surface area contributed by atoms with Gasteiger partial charge in [0.25, 0.3) is 0 Å². The molecule has 0 aliphatic carbocycles. The van der Waals surface area contributed by atoms with E-state index in [1.807, 2.05) is 0 Å². The van der Waals surface area contributed by atoms with Crippen molar-refractivity contribution < 1.29 is 9.13 Å². The van der Waals surface area contributed by atoms with Gasteiger partial charge in [-0.15, -0.1) is 0 Å².